The van der Waals surface area contributed by atoms with Crippen molar-refractivity contribution >= 4 is 8.32 Å². The minimum Gasteiger partial charge on any atom is -0.416 e. The van der Waals surface area contributed by atoms with Crippen LogP contribution in [0.3, 0.4) is 0 Å². The van der Waals surface area contributed by atoms with Crippen LogP contribution in [0.5, 0.6) is 0 Å². The fourth-order valence-corrected chi connectivity index (χ4v) is 2.27. The average Bonchev–Trinajstić information content (AvgIpc) is 2.17. The van der Waals surface area contributed by atoms with E-state index in [0.717, 1.165) is 13.0 Å². The summed E-state index contributed by atoms with van der Waals surface area (Å²) in [5.74, 6) is 0. The van der Waals surface area contributed by atoms with Gasteiger partial charge in [-0.3, -0.25) is 0 Å². The van der Waals surface area contributed by atoms with Crippen LogP contribution < -0.4 is 0 Å². The minimum absolute atomic E-state index is 0.301. The maximum atomic E-state index is 6.12. The first-order chi connectivity index (χ1) is 7.33. The molecule has 1 aromatic rings. The third-order valence-corrected chi connectivity index (χ3v) is 7.97. The van der Waals surface area contributed by atoms with Gasteiger partial charge in [0, 0.05) is 6.61 Å². The van der Waals surface area contributed by atoms with E-state index in [1.165, 1.54) is 5.56 Å². The molecule has 0 N–H and O–H groups in total. The predicted molar refractivity (Wildman–Crippen MR) is 72.1 cm³/mol. The van der Waals surface area contributed by atoms with Gasteiger partial charge in [0.05, 0.1) is 0 Å². The molecule has 0 aromatic heterocycles. The van der Waals surface area contributed by atoms with Crippen molar-refractivity contribution < 1.29 is 4.43 Å². The van der Waals surface area contributed by atoms with Gasteiger partial charge in [0.2, 0.25) is 0 Å². The second-order valence-corrected chi connectivity index (χ2v) is 10.6. The Hall–Kier alpha value is -0.603. The molecule has 0 fully saturated rings. The summed E-state index contributed by atoms with van der Waals surface area (Å²) < 4.78 is 6.12. The molecule has 0 saturated heterocycles. The first-order valence-electron chi connectivity index (χ1n) is 5.92. The van der Waals surface area contributed by atoms with Gasteiger partial charge in [-0.05, 0) is 36.2 Å². The zero-order valence-electron chi connectivity index (χ0n) is 11.1. The van der Waals surface area contributed by atoms with E-state index >= 15 is 0 Å². The Morgan fingerprint density at radius 3 is 2.50 bits per heavy atom. The monoisotopic (exact) mass is 235 g/mol. The number of rotatable bonds is 4. The lowest BCUT2D eigenvalue weighted by molar-refractivity contribution is 0.292. The van der Waals surface area contributed by atoms with Gasteiger partial charge in [0.15, 0.2) is 8.32 Å². The van der Waals surface area contributed by atoms with E-state index in [1.807, 2.05) is 18.2 Å². The standard InChI is InChI=1S/C14H23OSi/c1-14(2,3)16(4,5)15-12-11-13-9-7-6-8-10-13/h6-7,9-10H,11-12H2,1-5H3. The Bertz CT molecular complexity index is 311. The predicted octanol–water partition coefficient (Wildman–Crippen LogP) is 4.05. The Labute approximate surface area is 101 Å². The van der Waals surface area contributed by atoms with Gasteiger partial charge in [-0.1, -0.05) is 45.0 Å². The third-order valence-electron chi connectivity index (χ3n) is 3.43. The second kappa shape index (κ2) is 5.15. The molecule has 1 rings (SSSR count). The molecule has 2 heteroatoms. The molecule has 16 heavy (non-hydrogen) atoms. The van der Waals surface area contributed by atoms with Crippen LogP contribution in [0.4, 0.5) is 0 Å². The summed E-state index contributed by atoms with van der Waals surface area (Å²) in [6, 6.07) is 11.2. The molecule has 0 atom stereocenters. The molecule has 0 bridgehead atoms. The van der Waals surface area contributed by atoms with Gasteiger partial charge in [0.25, 0.3) is 0 Å². The summed E-state index contributed by atoms with van der Waals surface area (Å²) in [6.07, 6.45) is 0.990. The molecule has 0 unspecified atom stereocenters. The maximum Gasteiger partial charge on any atom is 0.191 e. The molecule has 0 aliphatic carbocycles. The fraction of sp³-hybridized carbons (Fsp3) is 0.571. The van der Waals surface area contributed by atoms with Gasteiger partial charge in [0.1, 0.15) is 0 Å². The van der Waals surface area contributed by atoms with Crippen LogP contribution in [0, 0.1) is 6.07 Å². The van der Waals surface area contributed by atoms with Crippen LogP contribution in [-0.4, -0.2) is 14.9 Å². The summed E-state index contributed by atoms with van der Waals surface area (Å²) in [6.45, 7) is 12.2. The number of benzene rings is 1. The quantitative estimate of drug-likeness (QED) is 0.715. The maximum absolute atomic E-state index is 6.12. The Morgan fingerprint density at radius 1 is 1.31 bits per heavy atom. The largest absolute Gasteiger partial charge is 0.416 e. The molecule has 0 amide bonds. The van der Waals surface area contributed by atoms with Crippen LogP contribution in [0.2, 0.25) is 18.1 Å². The van der Waals surface area contributed by atoms with Gasteiger partial charge >= 0.3 is 0 Å². The molecular weight excluding hydrogens is 212 g/mol. The molecule has 0 aliphatic heterocycles. The topological polar surface area (TPSA) is 9.23 Å². The number of hydrogen-bond donors (Lipinski definition) is 0. The average molecular weight is 235 g/mol. The SMILES string of the molecule is CC(C)(C)[Si](C)(C)OCCc1c[c]ccc1. The van der Waals surface area contributed by atoms with Crippen LogP contribution in [-0.2, 0) is 10.8 Å². The summed E-state index contributed by atoms with van der Waals surface area (Å²) in [5, 5.41) is 0.301. The first-order valence-corrected chi connectivity index (χ1v) is 8.83. The molecule has 89 valence electrons. The zero-order valence-corrected chi connectivity index (χ0v) is 12.1. The first kappa shape index (κ1) is 13.5. The lowest BCUT2D eigenvalue weighted by atomic mass is 10.2. The van der Waals surface area contributed by atoms with Crippen molar-refractivity contribution in [2.45, 2.75) is 45.3 Å². The van der Waals surface area contributed by atoms with Gasteiger partial charge in [-0.25, -0.2) is 0 Å². The summed E-state index contributed by atoms with van der Waals surface area (Å²) in [4.78, 5) is 0. The van der Waals surface area contributed by atoms with Crippen molar-refractivity contribution in [2.75, 3.05) is 6.61 Å². The van der Waals surface area contributed by atoms with Crippen molar-refractivity contribution in [2.24, 2.45) is 0 Å². The second-order valence-electron chi connectivity index (χ2n) is 5.77. The molecule has 1 aromatic carbocycles. The highest BCUT2D eigenvalue weighted by molar-refractivity contribution is 6.74. The molecule has 0 aliphatic rings. The highest BCUT2D eigenvalue weighted by Crippen LogP contribution is 2.36. The van der Waals surface area contributed by atoms with Gasteiger partial charge < -0.3 is 4.43 Å². The lowest BCUT2D eigenvalue weighted by Crippen LogP contribution is -2.41. The molecule has 0 spiro atoms. The van der Waals surface area contributed by atoms with Crippen LogP contribution in [0.25, 0.3) is 0 Å². The van der Waals surface area contributed by atoms with E-state index in [2.05, 4.69) is 46.0 Å². The van der Waals surface area contributed by atoms with E-state index in [-0.39, 0.29) is 0 Å². The van der Waals surface area contributed by atoms with Crippen molar-refractivity contribution in [1.82, 2.24) is 0 Å². The van der Waals surface area contributed by atoms with Crippen LogP contribution in [0.15, 0.2) is 24.3 Å². The van der Waals surface area contributed by atoms with Crippen molar-refractivity contribution in [3.63, 3.8) is 0 Å². The molecular formula is C14H23OSi. The van der Waals surface area contributed by atoms with E-state index in [0.29, 0.717) is 5.04 Å². The molecule has 0 saturated carbocycles. The highest BCUT2D eigenvalue weighted by atomic mass is 28.4. The summed E-state index contributed by atoms with van der Waals surface area (Å²) >= 11 is 0. The van der Waals surface area contributed by atoms with Crippen molar-refractivity contribution in [3.05, 3.63) is 35.9 Å². The Kier molecular flexibility index (Phi) is 4.33. The highest BCUT2D eigenvalue weighted by Gasteiger charge is 2.36. The normalized spacial score (nSPS) is 12.8. The van der Waals surface area contributed by atoms with Crippen molar-refractivity contribution in [3.8, 4) is 0 Å². The Morgan fingerprint density at radius 2 is 2.00 bits per heavy atom. The minimum atomic E-state index is -1.57. The number of hydrogen-bond acceptors (Lipinski definition) is 1. The zero-order chi connectivity index (χ0) is 12.2. The smallest absolute Gasteiger partial charge is 0.191 e. The molecule has 1 radical (unpaired) electrons. The van der Waals surface area contributed by atoms with Gasteiger partial charge in [-0.15, -0.1) is 0 Å². The van der Waals surface area contributed by atoms with E-state index < -0.39 is 8.32 Å². The van der Waals surface area contributed by atoms with E-state index in [9.17, 15) is 0 Å². The van der Waals surface area contributed by atoms with E-state index in [1.54, 1.807) is 0 Å². The van der Waals surface area contributed by atoms with Crippen LogP contribution >= 0.6 is 0 Å². The van der Waals surface area contributed by atoms with Gasteiger partial charge in [-0.2, -0.15) is 0 Å². The third kappa shape index (κ3) is 3.76. The summed E-state index contributed by atoms with van der Waals surface area (Å²) in [5.41, 5.74) is 1.31. The lowest BCUT2D eigenvalue weighted by Gasteiger charge is -2.36. The van der Waals surface area contributed by atoms with E-state index in [4.69, 9.17) is 4.43 Å². The molecule has 1 nitrogen and oxygen atoms in total. The summed E-state index contributed by atoms with van der Waals surface area (Å²) in [7, 11) is -1.57. The Balaban J connectivity index is 2.42. The fourth-order valence-electron chi connectivity index (χ4n) is 1.23. The molecule has 0 heterocycles. The van der Waals surface area contributed by atoms with Crippen LogP contribution in [0.1, 0.15) is 26.3 Å². The van der Waals surface area contributed by atoms with Crippen molar-refractivity contribution in [1.29, 1.82) is 0 Å².